The van der Waals surface area contributed by atoms with Crippen molar-refractivity contribution in [2.75, 3.05) is 7.05 Å². The van der Waals surface area contributed by atoms with E-state index in [0.717, 1.165) is 12.0 Å². The molecule has 0 heterocycles. The molecule has 0 fully saturated rings. The summed E-state index contributed by atoms with van der Waals surface area (Å²) in [6.07, 6.45) is 0.993. The van der Waals surface area contributed by atoms with E-state index in [1.54, 1.807) is 7.05 Å². The number of hydrogen-bond acceptors (Lipinski definition) is 1. The second-order valence-electron chi connectivity index (χ2n) is 3.12. The van der Waals surface area contributed by atoms with E-state index in [9.17, 15) is 0 Å². The van der Waals surface area contributed by atoms with Crippen LogP contribution in [0.15, 0.2) is 23.2 Å². The van der Waals surface area contributed by atoms with Gasteiger partial charge in [-0.1, -0.05) is 44.5 Å². The summed E-state index contributed by atoms with van der Waals surface area (Å²) >= 11 is 0. The van der Waals surface area contributed by atoms with E-state index in [0.29, 0.717) is 5.84 Å². The lowest BCUT2D eigenvalue weighted by Gasteiger charge is -2.07. The third-order valence-electron chi connectivity index (χ3n) is 2.16. The Morgan fingerprint density at radius 2 is 1.93 bits per heavy atom. The van der Waals surface area contributed by atoms with Gasteiger partial charge in [0, 0.05) is 12.6 Å². The zero-order valence-electron chi connectivity index (χ0n) is 10.5. The highest BCUT2D eigenvalue weighted by Gasteiger charge is 2.03. The fraction of sp³-hybridized carbons (Fsp3) is 0.462. The van der Waals surface area contributed by atoms with Gasteiger partial charge >= 0.3 is 0 Å². The molecule has 0 aliphatic carbocycles. The predicted octanol–water partition coefficient (Wildman–Crippen LogP) is 2.92. The SMILES string of the molecule is CC.CCc1cc(C)ccc1C(N)=NC. The van der Waals surface area contributed by atoms with Crippen LogP contribution in [0.2, 0.25) is 0 Å². The van der Waals surface area contributed by atoms with Gasteiger partial charge in [-0.15, -0.1) is 0 Å². The zero-order valence-corrected chi connectivity index (χ0v) is 10.5. The molecule has 1 aromatic carbocycles. The monoisotopic (exact) mass is 206 g/mol. The lowest BCUT2D eigenvalue weighted by Crippen LogP contribution is -2.15. The van der Waals surface area contributed by atoms with Crippen LogP contribution in [0.5, 0.6) is 0 Å². The molecule has 0 radical (unpaired) electrons. The summed E-state index contributed by atoms with van der Waals surface area (Å²) in [4.78, 5) is 3.99. The Kier molecular flexibility index (Phi) is 6.43. The van der Waals surface area contributed by atoms with Crippen LogP contribution in [0.4, 0.5) is 0 Å². The topological polar surface area (TPSA) is 38.4 Å². The minimum Gasteiger partial charge on any atom is -0.384 e. The number of nitrogens with two attached hydrogens (primary N) is 1. The first-order chi connectivity index (χ1) is 7.19. The summed E-state index contributed by atoms with van der Waals surface area (Å²) in [5, 5.41) is 0. The van der Waals surface area contributed by atoms with Gasteiger partial charge in [0.25, 0.3) is 0 Å². The highest BCUT2D eigenvalue weighted by molar-refractivity contribution is 5.98. The molecular formula is C13H22N2. The zero-order chi connectivity index (χ0) is 11.8. The molecule has 0 aromatic heterocycles. The van der Waals surface area contributed by atoms with Crippen LogP contribution >= 0.6 is 0 Å². The molecule has 1 aromatic rings. The smallest absolute Gasteiger partial charge is 0.125 e. The fourth-order valence-corrected chi connectivity index (χ4v) is 1.39. The number of aliphatic imine (C=N–C) groups is 1. The van der Waals surface area contributed by atoms with Crippen molar-refractivity contribution in [3.8, 4) is 0 Å². The summed E-state index contributed by atoms with van der Waals surface area (Å²) in [5.74, 6) is 0.622. The van der Waals surface area contributed by atoms with Crippen LogP contribution in [-0.2, 0) is 6.42 Å². The van der Waals surface area contributed by atoms with Crippen molar-refractivity contribution in [3.63, 3.8) is 0 Å². The lowest BCUT2D eigenvalue weighted by atomic mass is 10.0. The molecule has 0 aliphatic rings. The van der Waals surface area contributed by atoms with Crippen molar-refractivity contribution in [1.29, 1.82) is 0 Å². The van der Waals surface area contributed by atoms with Gasteiger partial charge in [0.2, 0.25) is 0 Å². The van der Waals surface area contributed by atoms with Crippen molar-refractivity contribution >= 4 is 5.84 Å². The molecule has 0 saturated heterocycles. The molecule has 2 N–H and O–H groups in total. The third-order valence-corrected chi connectivity index (χ3v) is 2.16. The van der Waals surface area contributed by atoms with Crippen LogP contribution < -0.4 is 5.73 Å². The van der Waals surface area contributed by atoms with Crippen LogP contribution in [-0.4, -0.2) is 12.9 Å². The molecular weight excluding hydrogens is 184 g/mol. The maximum Gasteiger partial charge on any atom is 0.125 e. The minimum atomic E-state index is 0.622. The second kappa shape index (κ2) is 7.04. The molecule has 2 heteroatoms. The minimum absolute atomic E-state index is 0.622. The summed E-state index contributed by atoms with van der Waals surface area (Å²) in [5.41, 5.74) is 9.37. The maximum atomic E-state index is 5.77. The van der Waals surface area contributed by atoms with E-state index in [2.05, 4.69) is 31.0 Å². The number of aryl methyl sites for hydroxylation is 2. The largest absolute Gasteiger partial charge is 0.384 e. The molecule has 0 aliphatic heterocycles. The Balaban J connectivity index is 0.000000921. The van der Waals surface area contributed by atoms with Gasteiger partial charge in [-0.2, -0.15) is 0 Å². The normalized spacial score (nSPS) is 10.6. The van der Waals surface area contributed by atoms with Crippen LogP contribution in [0.3, 0.4) is 0 Å². The molecule has 2 nitrogen and oxygen atoms in total. The van der Waals surface area contributed by atoms with Crippen molar-refractivity contribution in [2.24, 2.45) is 10.7 Å². The van der Waals surface area contributed by atoms with Gasteiger partial charge in [-0.3, -0.25) is 4.99 Å². The van der Waals surface area contributed by atoms with E-state index in [1.807, 2.05) is 19.9 Å². The molecule has 0 spiro atoms. The van der Waals surface area contributed by atoms with E-state index < -0.39 is 0 Å². The number of benzene rings is 1. The predicted molar refractivity (Wildman–Crippen MR) is 68.6 cm³/mol. The quantitative estimate of drug-likeness (QED) is 0.586. The van der Waals surface area contributed by atoms with E-state index in [4.69, 9.17) is 5.73 Å². The van der Waals surface area contributed by atoms with Crippen LogP contribution in [0.1, 0.15) is 37.5 Å². The van der Waals surface area contributed by atoms with Gasteiger partial charge in [0.05, 0.1) is 0 Å². The molecule has 0 atom stereocenters. The van der Waals surface area contributed by atoms with Gasteiger partial charge in [-0.05, 0) is 18.9 Å². The van der Waals surface area contributed by atoms with Gasteiger partial charge in [0.1, 0.15) is 5.84 Å². The Bertz CT molecular complexity index is 327. The standard InChI is InChI=1S/C11H16N2.C2H6/c1-4-9-7-8(2)5-6-10(9)11(12)13-3;1-2/h5-7H,4H2,1-3H3,(H2,12,13);1-2H3. The first-order valence-electron chi connectivity index (χ1n) is 5.51. The second-order valence-corrected chi connectivity index (χ2v) is 3.12. The third kappa shape index (κ3) is 3.74. The summed E-state index contributed by atoms with van der Waals surface area (Å²) in [7, 11) is 1.72. The Hall–Kier alpha value is -1.31. The van der Waals surface area contributed by atoms with E-state index in [1.165, 1.54) is 11.1 Å². The van der Waals surface area contributed by atoms with Crippen molar-refractivity contribution < 1.29 is 0 Å². The van der Waals surface area contributed by atoms with E-state index >= 15 is 0 Å². The number of rotatable bonds is 2. The summed E-state index contributed by atoms with van der Waals surface area (Å²) < 4.78 is 0. The van der Waals surface area contributed by atoms with Gasteiger partial charge in [0.15, 0.2) is 0 Å². The lowest BCUT2D eigenvalue weighted by molar-refractivity contribution is 1.12. The van der Waals surface area contributed by atoms with E-state index in [-0.39, 0.29) is 0 Å². The molecule has 1 rings (SSSR count). The van der Waals surface area contributed by atoms with Crippen molar-refractivity contribution in [2.45, 2.75) is 34.1 Å². The average molecular weight is 206 g/mol. The highest BCUT2D eigenvalue weighted by atomic mass is 14.8. The number of hydrogen-bond donors (Lipinski definition) is 1. The molecule has 0 saturated carbocycles. The number of nitrogens with zero attached hydrogens (tertiary/aromatic N) is 1. The summed E-state index contributed by atoms with van der Waals surface area (Å²) in [6.45, 7) is 8.21. The maximum absolute atomic E-state index is 5.77. The Morgan fingerprint density at radius 1 is 1.33 bits per heavy atom. The first kappa shape index (κ1) is 13.7. The molecule has 0 amide bonds. The Morgan fingerprint density at radius 3 is 2.40 bits per heavy atom. The van der Waals surface area contributed by atoms with Crippen molar-refractivity contribution in [3.05, 3.63) is 34.9 Å². The Labute approximate surface area is 93.2 Å². The van der Waals surface area contributed by atoms with Crippen molar-refractivity contribution in [1.82, 2.24) is 0 Å². The molecule has 84 valence electrons. The molecule has 0 bridgehead atoms. The average Bonchev–Trinajstić information content (AvgIpc) is 2.30. The fourth-order valence-electron chi connectivity index (χ4n) is 1.39. The molecule has 0 unspecified atom stereocenters. The van der Waals surface area contributed by atoms with Gasteiger partial charge < -0.3 is 5.73 Å². The number of amidine groups is 1. The highest BCUT2D eigenvalue weighted by Crippen LogP contribution is 2.11. The molecule has 15 heavy (non-hydrogen) atoms. The van der Waals surface area contributed by atoms with Gasteiger partial charge in [-0.25, -0.2) is 0 Å². The van der Waals surface area contributed by atoms with Crippen LogP contribution in [0, 0.1) is 6.92 Å². The summed E-state index contributed by atoms with van der Waals surface area (Å²) in [6, 6.07) is 6.26. The van der Waals surface area contributed by atoms with Crippen LogP contribution in [0.25, 0.3) is 0 Å². The first-order valence-corrected chi connectivity index (χ1v) is 5.51.